The summed E-state index contributed by atoms with van der Waals surface area (Å²) in [5.74, 6) is 1.26. The van der Waals surface area contributed by atoms with Crippen LogP contribution in [-0.2, 0) is 4.74 Å². The molecular formula is C9H15Cl2NO. The minimum Gasteiger partial charge on any atom is -0.372 e. The van der Waals surface area contributed by atoms with Gasteiger partial charge in [-0.05, 0) is 12.8 Å². The molecule has 13 heavy (non-hydrogen) atoms. The topological polar surface area (TPSA) is 12.5 Å². The quantitative estimate of drug-likeness (QED) is 0.676. The van der Waals surface area contributed by atoms with Crippen LogP contribution in [0.1, 0.15) is 12.8 Å². The van der Waals surface area contributed by atoms with Gasteiger partial charge in [0.1, 0.15) is 0 Å². The second kappa shape index (κ2) is 4.35. The molecular weight excluding hydrogens is 209 g/mol. The van der Waals surface area contributed by atoms with Crippen molar-refractivity contribution in [1.82, 2.24) is 4.90 Å². The lowest BCUT2D eigenvalue weighted by atomic mass is 10.2. The van der Waals surface area contributed by atoms with E-state index in [0.29, 0.717) is 30.0 Å². The molecule has 2 fully saturated rings. The minimum absolute atomic E-state index is 0.329. The van der Waals surface area contributed by atoms with Gasteiger partial charge in [0, 0.05) is 30.9 Å². The average Bonchev–Trinajstić information content (AvgIpc) is 2.48. The molecule has 2 nitrogen and oxygen atoms in total. The van der Waals surface area contributed by atoms with Gasteiger partial charge in [0.25, 0.3) is 0 Å². The summed E-state index contributed by atoms with van der Waals surface area (Å²) in [7, 11) is 0. The first kappa shape index (κ1) is 10.0. The van der Waals surface area contributed by atoms with E-state index in [9.17, 15) is 0 Å². The number of halogens is 2. The van der Waals surface area contributed by atoms with Gasteiger partial charge >= 0.3 is 0 Å². The summed E-state index contributed by atoms with van der Waals surface area (Å²) in [5, 5.41) is 0. The van der Waals surface area contributed by atoms with Gasteiger partial charge in [0.15, 0.2) is 0 Å². The summed E-state index contributed by atoms with van der Waals surface area (Å²) < 4.78 is 5.74. The van der Waals surface area contributed by atoms with Gasteiger partial charge in [-0.15, -0.1) is 23.2 Å². The Kier molecular flexibility index (Phi) is 3.36. The molecule has 0 N–H and O–H groups in total. The van der Waals surface area contributed by atoms with Gasteiger partial charge in [-0.2, -0.15) is 0 Å². The highest BCUT2D eigenvalue weighted by atomic mass is 35.5. The molecule has 0 saturated carbocycles. The Bertz CT molecular complexity index is 163. The molecule has 0 spiro atoms. The Balaban J connectivity index is 1.93. The minimum atomic E-state index is 0.329. The van der Waals surface area contributed by atoms with E-state index in [1.54, 1.807) is 0 Å². The van der Waals surface area contributed by atoms with Crippen molar-refractivity contribution in [3.63, 3.8) is 0 Å². The number of likely N-dealkylation sites (tertiary alicyclic amines) is 1. The van der Waals surface area contributed by atoms with E-state index in [4.69, 9.17) is 27.9 Å². The van der Waals surface area contributed by atoms with Crippen LogP contribution in [0.5, 0.6) is 0 Å². The van der Waals surface area contributed by atoms with Gasteiger partial charge in [0.05, 0.1) is 12.2 Å². The fourth-order valence-electron chi connectivity index (χ4n) is 2.18. The van der Waals surface area contributed by atoms with E-state index in [1.807, 2.05) is 0 Å². The Morgan fingerprint density at radius 1 is 1.15 bits per heavy atom. The molecule has 4 heteroatoms. The molecule has 2 unspecified atom stereocenters. The van der Waals surface area contributed by atoms with Crippen molar-refractivity contribution >= 4 is 23.2 Å². The van der Waals surface area contributed by atoms with Crippen molar-refractivity contribution < 1.29 is 4.74 Å². The van der Waals surface area contributed by atoms with Crippen LogP contribution in [0.4, 0.5) is 0 Å². The lowest BCUT2D eigenvalue weighted by Crippen LogP contribution is -2.49. The number of hydrogen-bond donors (Lipinski definition) is 0. The molecule has 0 amide bonds. The average molecular weight is 224 g/mol. The SMILES string of the molecule is ClCC(CCl)N1CC2CCC(C1)O2. The van der Waals surface area contributed by atoms with E-state index in [0.717, 1.165) is 13.1 Å². The molecule has 2 bridgehead atoms. The highest BCUT2D eigenvalue weighted by molar-refractivity contribution is 6.21. The van der Waals surface area contributed by atoms with Crippen molar-refractivity contribution in [3.8, 4) is 0 Å². The predicted molar refractivity (Wildman–Crippen MR) is 54.7 cm³/mol. The number of nitrogens with zero attached hydrogens (tertiary/aromatic N) is 1. The lowest BCUT2D eigenvalue weighted by molar-refractivity contribution is -0.0472. The first-order valence-electron chi connectivity index (χ1n) is 4.85. The molecule has 2 rings (SSSR count). The zero-order valence-corrected chi connectivity index (χ0v) is 9.10. The second-order valence-corrected chi connectivity index (χ2v) is 4.49. The van der Waals surface area contributed by atoms with Crippen LogP contribution >= 0.6 is 23.2 Å². The Hall–Kier alpha value is 0.500. The number of alkyl halides is 2. The van der Waals surface area contributed by atoms with Crippen molar-refractivity contribution in [2.45, 2.75) is 31.1 Å². The van der Waals surface area contributed by atoms with Gasteiger partial charge in [-0.3, -0.25) is 4.90 Å². The van der Waals surface area contributed by atoms with E-state index in [-0.39, 0.29) is 0 Å². The Morgan fingerprint density at radius 3 is 2.15 bits per heavy atom. The molecule has 0 radical (unpaired) electrons. The maximum Gasteiger partial charge on any atom is 0.0707 e. The van der Waals surface area contributed by atoms with E-state index in [2.05, 4.69) is 4.90 Å². The molecule has 2 aliphatic rings. The first-order valence-corrected chi connectivity index (χ1v) is 5.92. The number of ether oxygens (including phenoxy) is 1. The molecule has 0 aromatic carbocycles. The van der Waals surface area contributed by atoms with Crippen LogP contribution in [-0.4, -0.2) is 48.0 Å². The maximum absolute atomic E-state index is 5.85. The van der Waals surface area contributed by atoms with Gasteiger partial charge in [0.2, 0.25) is 0 Å². The molecule has 2 heterocycles. The molecule has 0 aliphatic carbocycles. The third-order valence-electron chi connectivity index (χ3n) is 2.94. The molecule has 2 atom stereocenters. The molecule has 2 saturated heterocycles. The second-order valence-electron chi connectivity index (χ2n) is 3.87. The highest BCUT2D eigenvalue weighted by Gasteiger charge is 2.35. The number of rotatable bonds is 3. The smallest absolute Gasteiger partial charge is 0.0707 e. The van der Waals surface area contributed by atoms with E-state index < -0.39 is 0 Å². The van der Waals surface area contributed by atoms with Gasteiger partial charge in [-0.1, -0.05) is 0 Å². The molecule has 2 aliphatic heterocycles. The fourth-order valence-corrected chi connectivity index (χ4v) is 2.90. The van der Waals surface area contributed by atoms with Crippen LogP contribution in [0.15, 0.2) is 0 Å². The summed E-state index contributed by atoms with van der Waals surface area (Å²) in [4.78, 5) is 2.38. The Labute approximate surface area is 89.1 Å². The fraction of sp³-hybridized carbons (Fsp3) is 1.00. The molecule has 0 aromatic heterocycles. The summed E-state index contributed by atoms with van der Waals surface area (Å²) in [6.45, 7) is 2.03. The van der Waals surface area contributed by atoms with Gasteiger partial charge < -0.3 is 4.74 Å². The summed E-state index contributed by atoms with van der Waals surface area (Å²) in [6.07, 6.45) is 3.29. The first-order chi connectivity index (χ1) is 6.33. The van der Waals surface area contributed by atoms with Crippen molar-refractivity contribution in [3.05, 3.63) is 0 Å². The Morgan fingerprint density at radius 2 is 1.69 bits per heavy atom. The van der Waals surface area contributed by atoms with Crippen LogP contribution in [0.25, 0.3) is 0 Å². The molecule has 76 valence electrons. The highest BCUT2D eigenvalue weighted by Crippen LogP contribution is 2.27. The number of fused-ring (bicyclic) bond motifs is 2. The summed E-state index contributed by atoms with van der Waals surface area (Å²) >= 11 is 11.7. The van der Waals surface area contributed by atoms with Crippen molar-refractivity contribution in [2.75, 3.05) is 24.8 Å². The summed E-state index contributed by atoms with van der Waals surface area (Å²) in [6, 6.07) is 0.329. The normalized spacial score (nSPS) is 34.4. The summed E-state index contributed by atoms with van der Waals surface area (Å²) in [5.41, 5.74) is 0. The third-order valence-corrected chi connectivity index (χ3v) is 3.66. The number of morpholine rings is 1. The van der Waals surface area contributed by atoms with Crippen LogP contribution in [0.2, 0.25) is 0 Å². The third kappa shape index (κ3) is 2.12. The lowest BCUT2D eigenvalue weighted by Gasteiger charge is -2.36. The number of hydrogen-bond acceptors (Lipinski definition) is 2. The monoisotopic (exact) mass is 223 g/mol. The maximum atomic E-state index is 5.85. The van der Waals surface area contributed by atoms with Crippen LogP contribution in [0.3, 0.4) is 0 Å². The van der Waals surface area contributed by atoms with Crippen molar-refractivity contribution in [1.29, 1.82) is 0 Å². The zero-order chi connectivity index (χ0) is 9.26. The van der Waals surface area contributed by atoms with Gasteiger partial charge in [-0.25, -0.2) is 0 Å². The predicted octanol–water partition coefficient (Wildman–Crippen LogP) is 1.70. The van der Waals surface area contributed by atoms with E-state index >= 15 is 0 Å². The largest absolute Gasteiger partial charge is 0.372 e. The zero-order valence-electron chi connectivity index (χ0n) is 7.59. The van der Waals surface area contributed by atoms with Crippen molar-refractivity contribution in [2.24, 2.45) is 0 Å². The molecule has 0 aromatic rings. The standard InChI is InChI=1S/C9H15Cl2NO/c10-3-7(4-11)12-5-8-1-2-9(6-12)13-8/h7-9H,1-6H2. The van der Waals surface area contributed by atoms with E-state index in [1.165, 1.54) is 12.8 Å². The van der Waals surface area contributed by atoms with Crippen LogP contribution < -0.4 is 0 Å². The van der Waals surface area contributed by atoms with Crippen LogP contribution in [0, 0.1) is 0 Å².